The third-order valence-electron chi connectivity index (χ3n) is 3.40. The van der Waals surface area contributed by atoms with Crippen LogP contribution in [0, 0.1) is 0 Å². The largest absolute Gasteiger partial charge is 0.337 e. The minimum absolute atomic E-state index is 0.210. The molecule has 2 aromatic rings. The van der Waals surface area contributed by atoms with Crippen LogP contribution in [0.5, 0.6) is 0 Å². The summed E-state index contributed by atoms with van der Waals surface area (Å²) in [5.41, 5.74) is 1.85. The minimum Gasteiger partial charge on any atom is -0.337 e. The zero-order valence-corrected chi connectivity index (χ0v) is 14.4. The van der Waals surface area contributed by atoms with Gasteiger partial charge in [0.05, 0.1) is 0 Å². The molecule has 1 atom stereocenters. The number of hydrogen-bond donors (Lipinski definition) is 1. The Bertz CT molecular complexity index is 674. The fraction of sp³-hybridized carbons (Fsp3) is 0.211. The number of anilines is 1. The topological polar surface area (TPSA) is 49.4 Å². The van der Waals surface area contributed by atoms with E-state index in [9.17, 15) is 9.00 Å². The number of hydrogen-bond acceptors (Lipinski definition) is 2. The van der Waals surface area contributed by atoms with Gasteiger partial charge in [0.15, 0.2) is 0 Å². The molecule has 2 aromatic carbocycles. The van der Waals surface area contributed by atoms with Gasteiger partial charge < -0.3 is 5.32 Å². The van der Waals surface area contributed by atoms with Crippen molar-refractivity contribution in [1.29, 1.82) is 0 Å². The summed E-state index contributed by atoms with van der Waals surface area (Å²) in [6.07, 6.45) is 1.68. The first-order valence-corrected chi connectivity index (χ1v) is 9.29. The molecule has 0 saturated heterocycles. The molecule has 4 nitrogen and oxygen atoms in total. The zero-order chi connectivity index (χ0) is 17.2. The Labute approximate surface area is 145 Å². The summed E-state index contributed by atoms with van der Waals surface area (Å²) in [4.78, 5) is 13.9. The number of carbonyl (C=O) groups is 1. The van der Waals surface area contributed by atoms with E-state index in [0.717, 1.165) is 11.3 Å². The van der Waals surface area contributed by atoms with E-state index < -0.39 is 10.8 Å². The lowest BCUT2D eigenvalue weighted by atomic mass is 10.2. The van der Waals surface area contributed by atoms with Gasteiger partial charge in [0, 0.05) is 41.1 Å². The molecule has 5 heteroatoms. The van der Waals surface area contributed by atoms with Gasteiger partial charge >= 0.3 is 6.03 Å². The number of rotatable bonds is 8. The van der Waals surface area contributed by atoms with Crippen molar-refractivity contribution in [3.8, 4) is 0 Å². The second-order valence-electron chi connectivity index (χ2n) is 5.24. The summed E-state index contributed by atoms with van der Waals surface area (Å²) in [6, 6.07) is 18.9. The molecule has 24 heavy (non-hydrogen) atoms. The number of nitrogens with zero attached hydrogens (tertiary/aromatic N) is 1. The summed E-state index contributed by atoms with van der Waals surface area (Å²) in [6.45, 7) is 4.49. The Morgan fingerprint density at radius 1 is 1.08 bits per heavy atom. The maximum Gasteiger partial charge on any atom is 0.322 e. The lowest BCUT2D eigenvalue weighted by Gasteiger charge is -2.21. The molecule has 0 fully saturated rings. The number of benzene rings is 2. The molecule has 0 spiro atoms. The summed E-state index contributed by atoms with van der Waals surface area (Å²) in [5.74, 6) is 0.934. The number of para-hydroxylation sites is 1. The molecular formula is C19H22N2O2S. The van der Waals surface area contributed by atoms with E-state index in [1.54, 1.807) is 11.0 Å². The van der Waals surface area contributed by atoms with Crippen LogP contribution in [0.4, 0.5) is 10.5 Å². The van der Waals surface area contributed by atoms with E-state index in [1.165, 1.54) is 0 Å². The van der Waals surface area contributed by atoms with Crippen molar-refractivity contribution in [3.05, 3.63) is 78.9 Å². The van der Waals surface area contributed by atoms with Crippen LogP contribution >= 0.6 is 0 Å². The highest BCUT2D eigenvalue weighted by Crippen LogP contribution is 2.13. The lowest BCUT2D eigenvalue weighted by molar-refractivity contribution is 0.247. The van der Waals surface area contributed by atoms with Crippen molar-refractivity contribution in [2.24, 2.45) is 0 Å². The molecule has 2 rings (SSSR count). The van der Waals surface area contributed by atoms with Gasteiger partial charge in [-0.15, -0.1) is 6.58 Å². The highest BCUT2D eigenvalue weighted by atomic mass is 32.2. The first-order valence-electron chi connectivity index (χ1n) is 7.81. The normalized spacial score (nSPS) is 11.5. The van der Waals surface area contributed by atoms with Crippen LogP contribution in [0.1, 0.15) is 5.56 Å². The zero-order valence-electron chi connectivity index (χ0n) is 13.6. The smallest absolute Gasteiger partial charge is 0.322 e. The average Bonchev–Trinajstić information content (AvgIpc) is 2.61. The molecule has 0 saturated carbocycles. The quantitative estimate of drug-likeness (QED) is 0.748. The molecule has 0 aliphatic rings. The van der Waals surface area contributed by atoms with Gasteiger partial charge in [0.1, 0.15) is 0 Å². The molecule has 0 aliphatic carbocycles. The Kier molecular flexibility index (Phi) is 7.23. The van der Waals surface area contributed by atoms with E-state index in [2.05, 4.69) is 11.9 Å². The van der Waals surface area contributed by atoms with E-state index in [4.69, 9.17) is 0 Å². The van der Waals surface area contributed by atoms with Gasteiger partial charge in [-0.05, 0) is 17.7 Å². The van der Waals surface area contributed by atoms with Crippen molar-refractivity contribution in [2.45, 2.75) is 5.75 Å². The number of amides is 2. The predicted molar refractivity (Wildman–Crippen MR) is 101 cm³/mol. The van der Waals surface area contributed by atoms with Crippen LogP contribution in [0.25, 0.3) is 0 Å². The molecular weight excluding hydrogens is 320 g/mol. The third kappa shape index (κ3) is 5.66. The molecule has 0 aromatic heterocycles. The Balaban J connectivity index is 1.82. The average molecular weight is 342 g/mol. The van der Waals surface area contributed by atoms with Gasteiger partial charge in [-0.1, -0.05) is 54.6 Å². The van der Waals surface area contributed by atoms with Crippen LogP contribution in [-0.4, -0.2) is 29.1 Å². The van der Waals surface area contributed by atoms with Crippen LogP contribution in [-0.2, 0) is 16.6 Å². The summed E-state index contributed by atoms with van der Waals surface area (Å²) in [7, 11) is -1.00. The molecule has 0 heterocycles. The number of carbonyl (C=O) groups excluding carboxylic acids is 1. The first-order chi connectivity index (χ1) is 11.7. The molecule has 1 N–H and O–H groups in total. The second kappa shape index (κ2) is 9.67. The van der Waals surface area contributed by atoms with E-state index in [-0.39, 0.29) is 6.03 Å². The van der Waals surface area contributed by atoms with Crippen LogP contribution < -0.4 is 10.2 Å². The number of nitrogens with one attached hydrogen (secondary N) is 1. The number of urea groups is 1. The van der Waals surface area contributed by atoms with Gasteiger partial charge in [-0.3, -0.25) is 9.11 Å². The lowest BCUT2D eigenvalue weighted by Crippen LogP contribution is -2.41. The van der Waals surface area contributed by atoms with Gasteiger partial charge in [-0.2, -0.15) is 0 Å². The molecule has 0 bridgehead atoms. The summed E-state index contributed by atoms with van der Waals surface area (Å²) in [5, 5.41) is 2.83. The van der Waals surface area contributed by atoms with Gasteiger partial charge in [-0.25, -0.2) is 4.79 Å². The van der Waals surface area contributed by atoms with E-state index in [0.29, 0.717) is 24.6 Å². The van der Waals surface area contributed by atoms with Crippen molar-refractivity contribution >= 4 is 22.5 Å². The predicted octanol–water partition coefficient (Wildman–Crippen LogP) is 3.34. The molecule has 0 aliphatic heterocycles. The Morgan fingerprint density at radius 3 is 2.33 bits per heavy atom. The van der Waals surface area contributed by atoms with Crippen LogP contribution in [0.3, 0.4) is 0 Å². The SMILES string of the molecule is C=CCN(C(=O)NCCS(=O)Cc1ccccc1)c1ccccc1. The van der Waals surface area contributed by atoms with E-state index in [1.807, 2.05) is 60.7 Å². The third-order valence-corrected chi connectivity index (χ3v) is 4.72. The first kappa shape index (κ1) is 17.9. The van der Waals surface area contributed by atoms with Crippen molar-refractivity contribution in [2.75, 3.05) is 23.7 Å². The monoisotopic (exact) mass is 342 g/mol. The molecule has 126 valence electrons. The Morgan fingerprint density at radius 2 is 1.71 bits per heavy atom. The minimum atomic E-state index is -1.00. The fourth-order valence-electron chi connectivity index (χ4n) is 2.24. The fourth-order valence-corrected chi connectivity index (χ4v) is 3.28. The van der Waals surface area contributed by atoms with Crippen LogP contribution in [0.2, 0.25) is 0 Å². The van der Waals surface area contributed by atoms with Crippen molar-refractivity contribution < 1.29 is 9.00 Å². The highest BCUT2D eigenvalue weighted by molar-refractivity contribution is 7.84. The van der Waals surface area contributed by atoms with Gasteiger partial charge in [0.2, 0.25) is 0 Å². The molecule has 0 radical (unpaired) electrons. The van der Waals surface area contributed by atoms with E-state index >= 15 is 0 Å². The summed E-state index contributed by atoms with van der Waals surface area (Å²) >= 11 is 0. The van der Waals surface area contributed by atoms with Crippen molar-refractivity contribution in [3.63, 3.8) is 0 Å². The molecule has 2 amide bonds. The van der Waals surface area contributed by atoms with Crippen LogP contribution in [0.15, 0.2) is 73.3 Å². The van der Waals surface area contributed by atoms with Gasteiger partial charge in [0.25, 0.3) is 0 Å². The second-order valence-corrected chi connectivity index (χ2v) is 6.82. The standard InChI is InChI=1S/C19H22N2O2S/c1-2-14-21(18-11-7-4-8-12-18)19(22)20-13-15-24(23)16-17-9-5-3-6-10-17/h2-12H,1,13-16H2,(H,20,22). The van der Waals surface area contributed by atoms with Crippen molar-refractivity contribution in [1.82, 2.24) is 5.32 Å². The molecule has 1 unspecified atom stereocenters. The Hall–Kier alpha value is -2.40. The highest BCUT2D eigenvalue weighted by Gasteiger charge is 2.13. The summed E-state index contributed by atoms with van der Waals surface area (Å²) < 4.78 is 12.1. The maximum absolute atomic E-state index is 12.3. The maximum atomic E-state index is 12.3.